The van der Waals surface area contributed by atoms with E-state index in [2.05, 4.69) is 28.6 Å². The van der Waals surface area contributed by atoms with Crippen molar-refractivity contribution in [1.82, 2.24) is 14.8 Å². The predicted octanol–water partition coefficient (Wildman–Crippen LogP) is 1.62. The van der Waals surface area contributed by atoms with Crippen LogP contribution in [0, 0.1) is 0 Å². The molecule has 0 spiro atoms. The lowest BCUT2D eigenvalue weighted by molar-refractivity contribution is 0.0932. The fourth-order valence-electron chi connectivity index (χ4n) is 2.81. The van der Waals surface area contributed by atoms with E-state index in [0.29, 0.717) is 12.1 Å². The first-order valence-corrected chi connectivity index (χ1v) is 8.67. The Balaban J connectivity index is 1.56. The van der Waals surface area contributed by atoms with Crippen LogP contribution in [-0.2, 0) is 20.0 Å². The number of aromatic nitrogens is 1. The number of carbonyl (C=O) groups excluding carboxylic acids is 1. The Hall–Kier alpha value is -1.92. The first kappa shape index (κ1) is 16.0. The van der Waals surface area contributed by atoms with Gasteiger partial charge in [-0.15, -0.1) is 11.3 Å². The van der Waals surface area contributed by atoms with Crippen molar-refractivity contribution >= 4 is 17.2 Å². The van der Waals surface area contributed by atoms with Crippen molar-refractivity contribution in [1.29, 1.82) is 0 Å². The minimum atomic E-state index is -0.192. The summed E-state index contributed by atoms with van der Waals surface area (Å²) in [6, 6.07) is 5.49. The third-order valence-corrected chi connectivity index (χ3v) is 5.41. The number of thiophene rings is 1. The maximum Gasteiger partial charge on any atom is 0.251 e. The van der Waals surface area contributed by atoms with Crippen molar-refractivity contribution in [2.45, 2.75) is 25.9 Å². The molecule has 2 aromatic rings. The Morgan fingerprint density at radius 3 is 3.04 bits per heavy atom. The molecular weight excluding hydrogens is 310 g/mol. The van der Waals surface area contributed by atoms with Crippen LogP contribution in [-0.4, -0.2) is 34.5 Å². The van der Waals surface area contributed by atoms with Crippen LogP contribution in [0.1, 0.15) is 27.7 Å². The van der Waals surface area contributed by atoms with Gasteiger partial charge in [0.2, 0.25) is 0 Å². The maximum absolute atomic E-state index is 12.2. The summed E-state index contributed by atoms with van der Waals surface area (Å²) in [5.41, 5.74) is 1.65. The number of carbonyl (C=O) groups is 1. The van der Waals surface area contributed by atoms with E-state index in [4.69, 9.17) is 0 Å². The number of nitrogens with zero attached hydrogens (tertiary/aromatic N) is 2. The molecule has 5 nitrogen and oxygen atoms in total. The molecular formula is C17H21N3O2S. The number of amides is 1. The van der Waals surface area contributed by atoms with Crippen molar-refractivity contribution in [3.05, 3.63) is 56.1 Å². The second-order valence-corrected chi connectivity index (χ2v) is 7.01. The molecule has 3 rings (SSSR count). The first-order chi connectivity index (χ1) is 11.0. The first-order valence-electron chi connectivity index (χ1n) is 7.79. The second kappa shape index (κ2) is 6.68. The summed E-state index contributed by atoms with van der Waals surface area (Å²) in [5.74, 6) is -0.192. The van der Waals surface area contributed by atoms with Crippen LogP contribution >= 0.6 is 11.3 Å². The molecule has 0 aliphatic carbocycles. The Morgan fingerprint density at radius 1 is 1.43 bits per heavy atom. The molecule has 0 saturated carbocycles. The minimum absolute atomic E-state index is 0.174. The van der Waals surface area contributed by atoms with E-state index in [-0.39, 0.29) is 17.5 Å². The lowest BCUT2D eigenvalue weighted by atomic mass is 10.1. The predicted molar refractivity (Wildman–Crippen MR) is 91.9 cm³/mol. The zero-order valence-corrected chi connectivity index (χ0v) is 14.2. The van der Waals surface area contributed by atoms with Gasteiger partial charge in [-0.25, -0.2) is 0 Å². The highest BCUT2D eigenvalue weighted by molar-refractivity contribution is 7.10. The minimum Gasteiger partial charge on any atom is -0.350 e. The van der Waals surface area contributed by atoms with Crippen LogP contribution in [0.3, 0.4) is 0 Å². The van der Waals surface area contributed by atoms with Gasteiger partial charge >= 0.3 is 0 Å². The van der Waals surface area contributed by atoms with E-state index in [1.807, 2.05) is 11.3 Å². The monoisotopic (exact) mass is 331 g/mol. The quantitative estimate of drug-likeness (QED) is 0.926. The van der Waals surface area contributed by atoms with Crippen molar-refractivity contribution < 1.29 is 4.79 Å². The molecule has 0 radical (unpaired) electrons. The fourth-order valence-corrected chi connectivity index (χ4v) is 3.70. The third kappa shape index (κ3) is 3.54. The SMILES string of the molecule is CC(CNC(=O)c1ccn(C)c(=O)c1)N1CCc2sccc2C1. The van der Waals surface area contributed by atoms with Gasteiger partial charge in [0, 0.05) is 55.4 Å². The van der Waals surface area contributed by atoms with Crippen LogP contribution < -0.4 is 10.9 Å². The van der Waals surface area contributed by atoms with Gasteiger partial charge in [0.1, 0.15) is 0 Å². The van der Waals surface area contributed by atoms with Gasteiger partial charge < -0.3 is 9.88 Å². The van der Waals surface area contributed by atoms with Gasteiger partial charge in [0.15, 0.2) is 0 Å². The van der Waals surface area contributed by atoms with Gasteiger partial charge in [0.25, 0.3) is 11.5 Å². The van der Waals surface area contributed by atoms with E-state index < -0.39 is 0 Å². The van der Waals surface area contributed by atoms with Crippen LogP contribution in [0.25, 0.3) is 0 Å². The van der Waals surface area contributed by atoms with Crippen LogP contribution in [0.15, 0.2) is 34.6 Å². The highest BCUT2D eigenvalue weighted by Crippen LogP contribution is 2.24. The molecule has 0 saturated heterocycles. The molecule has 0 bridgehead atoms. The Kier molecular flexibility index (Phi) is 4.63. The van der Waals surface area contributed by atoms with Crippen molar-refractivity contribution in [3.8, 4) is 0 Å². The molecule has 1 unspecified atom stereocenters. The second-order valence-electron chi connectivity index (χ2n) is 6.01. The highest BCUT2D eigenvalue weighted by Gasteiger charge is 2.21. The van der Waals surface area contributed by atoms with Crippen LogP contribution in [0.4, 0.5) is 0 Å². The average molecular weight is 331 g/mol. The van der Waals surface area contributed by atoms with E-state index in [0.717, 1.165) is 19.5 Å². The molecule has 1 N–H and O–H groups in total. The van der Waals surface area contributed by atoms with Gasteiger partial charge in [-0.05, 0) is 36.4 Å². The largest absolute Gasteiger partial charge is 0.350 e. The van der Waals surface area contributed by atoms with Crippen molar-refractivity contribution in [3.63, 3.8) is 0 Å². The molecule has 122 valence electrons. The third-order valence-electron chi connectivity index (χ3n) is 4.39. The molecule has 0 fully saturated rings. The van der Waals surface area contributed by atoms with E-state index >= 15 is 0 Å². The summed E-state index contributed by atoms with van der Waals surface area (Å²) >= 11 is 1.83. The summed E-state index contributed by atoms with van der Waals surface area (Å²) < 4.78 is 1.45. The lowest BCUT2D eigenvalue weighted by Gasteiger charge is -2.32. The Morgan fingerprint density at radius 2 is 2.26 bits per heavy atom. The van der Waals surface area contributed by atoms with E-state index in [1.54, 1.807) is 19.3 Å². The van der Waals surface area contributed by atoms with Crippen molar-refractivity contribution in [2.75, 3.05) is 13.1 Å². The zero-order chi connectivity index (χ0) is 16.4. The van der Waals surface area contributed by atoms with Gasteiger partial charge in [-0.1, -0.05) is 0 Å². The summed E-state index contributed by atoms with van der Waals surface area (Å²) in [4.78, 5) is 27.6. The number of nitrogens with one attached hydrogen (secondary N) is 1. The highest BCUT2D eigenvalue weighted by atomic mass is 32.1. The topological polar surface area (TPSA) is 54.3 Å². The molecule has 3 heterocycles. The Bertz CT molecular complexity index is 765. The normalized spacial score (nSPS) is 15.9. The molecule has 1 aliphatic rings. The molecule has 0 aromatic carbocycles. The van der Waals surface area contributed by atoms with Gasteiger partial charge in [-0.2, -0.15) is 0 Å². The molecule has 23 heavy (non-hydrogen) atoms. The van der Waals surface area contributed by atoms with Crippen molar-refractivity contribution in [2.24, 2.45) is 7.05 Å². The molecule has 1 atom stereocenters. The van der Waals surface area contributed by atoms with Crippen LogP contribution in [0.2, 0.25) is 0 Å². The molecule has 1 amide bonds. The number of hydrogen-bond donors (Lipinski definition) is 1. The zero-order valence-electron chi connectivity index (χ0n) is 13.4. The van der Waals surface area contributed by atoms with Gasteiger partial charge in [0.05, 0.1) is 0 Å². The Labute approximate surface area is 139 Å². The maximum atomic E-state index is 12.2. The van der Waals surface area contributed by atoms with E-state index in [1.165, 1.54) is 21.1 Å². The molecule has 6 heteroatoms. The number of aryl methyl sites for hydroxylation is 1. The number of rotatable bonds is 4. The van der Waals surface area contributed by atoms with Gasteiger partial charge in [-0.3, -0.25) is 14.5 Å². The number of pyridine rings is 1. The number of hydrogen-bond acceptors (Lipinski definition) is 4. The molecule has 2 aromatic heterocycles. The summed E-state index contributed by atoms with van der Waals surface area (Å²) in [5, 5.41) is 5.08. The summed E-state index contributed by atoms with van der Waals surface area (Å²) in [7, 11) is 1.67. The fraction of sp³-hybridized carbons (Fsp3) is 0.412. The standard InChI is InChI=1S/C17H21N3O2S/c1-12(20-7-4-15-14(11-20)5-8-23-15)10-18-17(22)13-3-6-19(2)16(21)9-13/h3,5-6,8-9,12H,4,7,10-11H2,1-2H3,(H,18,22). The van der Waals surface area contributed by atoms with E-state index in [9.17, 15) is 9.59 Å². The summed E-state index contributed by atoms with van der Waals surface area (Å²) in [6.07, 6.45) is 2.70. The number of fused-ring (bicyclic) bond motifs is 1. The lowest BCUT2D eigenvalue weighted by Crippen LogP contribution is -2.44. The molecule has 1 aliphatic heterocycles. The smallest absolute Gasteiger partial charge is 0.251 e. The summed E-state index contributed by atoms with van der Waals surface area (Å²) in [6.45, 7) is 4.67. The van der Waals surface area contributed by atoms with Crippen LogP contribution in [0.5, 0.6) is 0 Å². The average Bonchev–Trinajstić information content (AvgIpc) is 3.02.